The van der Waals surface area contributed by atoms with E-state index in [-0.39, 0.29) is 5.37 Å². The lowest BCUT2D eigenvalue weighted by Gasteiger charge is -2.14. The standard InChI is InChI=1S/C14H12ClN5S/c1-7-4-3-5-9-6-10(12(15)16-11(7)9)13-19-20-8(2)17-18-14(20)21-13/h3-6,13,19H,1-2H3. The van der Waals surface area contributed by atoms with E-state index in [1.54, 1.807) is 11.8 Å². The van der Waals surface area contributed by atoms with Crippen LogP contribution in [0, 0.1) is 13.8 Å². The molecular formula is C14H12ClN5S. The van der Waals surface area contributed by atoms with Gasteiger partial charge in [0.1, 0.15) is 16.4 Å². The van der Waals surface area contributed by atoms with Crippen molar-refractivity contribution in [2.24, 2.45) is 0 Å². The third-order valence-electron chi connectivity index (χ3n) is 3.58. The summed E-state index contributed by atoms with van der Waals surface area (Å²) in [6.45, 7) is 3.95. The summed E-state index contributed by atoms with van der Waals surface area (Å²) in [6, 6.07) is 8.22. The third kappa shape index (κ3) is 1.98. The molecule has 3 heterocycles. The average Bonchev–Trinajstić information content (AvgIpc) is 3.02. The van der Waals surface area contributed by atoms with Gasteiger partial charge in [-0.05, 0) is 25.5 Å². The number of aromatic nitrogens is 4. The monoisotopic (exact) mass is 317 g/mol. The van der Waals surface area contributed by atoms with Gasteiger partial charge in [0.2, 0.25) is 5.16 Å². The van der Waals surface area contributed by atoms with Gasteiger partial charge in [0.05, 0.1) is 5.52 Å². The quantitative estimate of drug-likeness (QED) is 0.697. The maximum Gasteiger partial charge on any atom is 0.212 e. The normalized spacial score (nSPS) is 17.0. The maximum atomic E-state index is 6.40. The number of thioether (sulfide) groups is 1. The Kier molecular flexibility index (Phi) is 2.83. The fourth-order valence-corrected chi connectivity index (χ4v) is 3.84. The Hall–Kier alpha value is -1.79. The van der Waals surface area contributed by atoms with Crippen LogP contribution in [0.4, 0.5) is 0 Å². The molecule has 4 rings (SSSR count). The van der Waals surface area contributed by atoms with Gasteiger partial charge in [-0.2, -0.15) is 0 Å². The molecule has 0 fully saturated rings. The molecule has 21 heavy (non-hydrogen) atoms. The van der Waals surface area contributed by atoms with Crippen LogP contribution >= 0.6 is 23.4 Å². The second-order valence-electron chi connectivity index (χ2n) is 5.01. The van der Waals surface area contributed by atoms with E-state index in [9.17, 15) is 0 Å². The van der Waals surface area contributed by atoms with E-state index in [0.29, 0.717) is 5.15 Å². The molecule has 1 atom stereocenters. The number of hydrogen-bond acceptors (Lipinski definition) is 5. The smallest absolute Gasteiger partial charge is 0.212 e. The molecule has 0 saturated carbocycles. The van der Waals surface area contributed by atoms with Crippen molar-refractivity contribution in [1.29, 1.82) is 0 Å². The first-order valence-corrected chi connectivity index (χ1v) is 7.80. The maximum absolute atomic E-state index is 6.40. The molecule has 0 bridgehead atoms. The molecular weight excluding hydrogens is 306 g/mol. The van der Waals surface area contributed by atoms with Gasteiger partial charge in [-0.3, -0.25) is 0 Å². The van der Waals surface area contributed by atoms with E-state index in [1.165, 1.54) is 0 Å². The molecule has 1 aromatic carbocycles. The minimum atomic E-state index is -0.000822. The molecule has 5 nitrogen and oxygen atoms in total. The van der Waals surface area contributed by atoms with Gasteiger partial charge in [-0.25, -0.2) is 9.66 Å². The molecule has 1 N–H and O–H groups in total. The number of aryl methyl sites for hydroxylation is 2. The number of nitrogens with zero attached hydrogens (tertiary/aromatic N) is 4. The second kappa shape index (κ2) is 4.61. The molecule has 0 spiro atoms. The third-order valence-corrected chi connectivity index (χ3v) is 4.95. The zero-order chi connectivity index (χ0) is 14.6. The van der Waals surface area contributed by atoms with Crippen molar-refractivity contribution in [2.75, 3.05) is 5.43 Å². The Labute approximate surface area is 130 Å². The Bertz CT molecular complexity index is 860. The summed E-state index contributed by atoms with van der Waals surface area (Å²) >= 11 is 7.99. The fraction of sp³-hybridized carbons (Fsp3) is 0.214. The van der Waals surface area contributed by atoms with Crippen LogP contribution in [0.25, 0.3) is 10.9 Å². The van der Waals surface area contributed by atoms with Crippen LogP contribution in [-0.4, -0.2) is 19.9 Å². The van der Waals surface area contributed by atoms with E-state index in [0.717, 1.165) is 33.0 Å². The van der Waals surface area contributed by atoms with Crippen molar-refractivity contribution >= 4 is 34.3 Å². The lowest BCUT2D eigenvalue weighted by atomic mass is 10.1. The number of benzene rings is 1. The van der Waals surface area contributed by atoms with Gasteiger partial charge in [-0.1, -0.05) is 41.6 Å². The first kappa shape index (κ1) is 12.9. The molecule has 2 aromatic heterocycles. The van der Waals surface area contributed by atoms with Crippen LogP contribution in [0.5, 0.6) is 0 Å². The van der Waals surface area contributed by atoms with Gasteiger partial charge in [0.25, 0.3) is 0 Å². The van der Waals surface area contributed by atoms with E-state index >= 15 is 0 Å². The number of halogens is 1. The molecule has 1 unspecified atom stereocenters. The minimum absolute atomic E-state index is 0.000822. The predicted molar refractivity (Wildman–Crippen MR) is 84.2 cm³/mol. The number of para-hydroxylation sites is 1. The number of hydrogen-bond donors (Lipinski definition) is 1. The molecule has 0 radical (unpaired) electrons. The highest BCUT2D eigenvalue weighted by atomic mass is 35.5. The summed E-state index contributed by atoms with van der Waals surface area (Å²) in [7, 11) is 0. The van der Waals surface area contributed by atoms with Crippen molar-refractivity contribution in [3.63, 3.8) is 0 Å². The largest absolute Gasteiger partial charge is 0.304 e. The average molecular weight is 318 g/mol. The fourth-order valence-electron chi connectivity index (χ4n) is 2.47. The van der Waals surface area contributed by atoms with Crippen molar-refractivity contribution < 1.29 is 0 Å². The first-order valence-electron chi connectivity index (χ1n) is 6.54. The van der Waals surface area contributed by atoms with Gasteiger partial charge in [0.15, 0.2) is 0 Å². The molecule has 1 aliphatic rings. The van der Waals surface area contributed by atoms with Gasteiger partial charge in [-0.15, -0.1) is 10.2 Å². The van der Waals surface area contributed by atoms with Gasteiger partial charge < -0.3 is 5.43 Å². The second-order valence-corrected chi connectivity index (χ2v) is 6.44. The molecule has 3 aromatic rings. The summed E-state index contributed by atoms with van der Waals surface area (Å²) in [6.07, 6.45) is 0. The number of pyridine rings is 1. The highest BCUT2D eigenvalue weighted by molar-refractivity contribution is 7.99. The molecule has 1 aliphatic heterocycles. The van der Waals surface area contributed by atoms with E-state index in [1.807, 2.05) is 30.7 Å². The summed E-state index contributed by atoms with van der Waals surface area (Å²) < 4.78 is 1.88. The Morgan fingerprint density at radius 1 is 1.29 bits per heavy atom. The van der Waals surface area contributed by atoms with E-state index < -0.39 is 0 Å². The lowest BCUT2D eigenvalue weighted by Crippen LogP contribution is -2.14. The predicted octanol–water partition coefficient (Wildman–Crippen LogP) is 3.44. The Morgan fingerprint density at radius 2 is 2.14 bits per heavy atom. The van der Waals surface area contributed by atoms with Crippen molar-refractivity contribution in [3.8, 4) is 0 Å². The zero-order valence-electron chi connectivity index (χ0n) is 11.5. The van der Waals surface area contributed by atoms with Gasteiger partial charge >= 0.3 is 0 Å². The zero-order valence-corrected chi connectivity index (χ0v) is 13.0. The number of fused-ring (bicyclic) bond motifs is 2. The molecule has 0 amide bonds. The first-order chi connectivity index (χ1) is 10.1. The van der Waals surface area contributed by atoms with Gasteiger partial charge in [0, 0.05) is 10.9 Å². The van der Waals surface area contributed by atoms with Crippen LogP contribution in [0.2, 0.25) is 5.15 Å². The van der Waals surface area contributed by atoms with Crippen LogP contribution in [0.15, 0.2) is 29.4 Å². The summed E-state index contributed by atoms with van der Waals surface area (Å²) in [5, 5.41) is 10.6. The van der Waals surface area contributed by atoms with Crippen LogP contribution < -0.4 is 5.43 Å². The SMILES string of the molecule is Cc1cccc2cc(C3Nn4c(C)nnc4S3)c(Cl)nc12. The summed E-state index contributed by atoms with van der Waals surface area (Å²) in [5.74, 6) is 0.834. The molecule has 0 aliphatic carbocycles. The molecule has 7 heteroatoms. The molecule has 0 saturated heterocycles. The highest BCUT2D eigenvalue weighted by Gasteiger charge is 2.28. The molecule has 106 valence electrons. The number of nitrogens with one attached hydrogen (secondary N) is 1. The number of rotatable bonds is 1. The van der Waals surface area contributed by atoms with E-state index in [4.69, 9.17) is 11.6 Å². The topological polar surface area (TPSA) is 55.6 Å². The highest BCUT2D eigenvalue weighted by Crippen LogP contribution is 2.41. The van der Waals surface area contributed by atoms with E-state index in [2.05, 4.69) is 32.7 Å². The summed E-state index contributed by atoms with van der Waals surface area (Å²) in [5.41, 5.74) is 6.39. The minimum Gasteiger partial charge on any atom is -0.304 e. The lowest BCUT2D eigenvalue weighted by molar-refractivity contribution is 0.762. The van der Waals surface area contributed by atoms with Crippen molar-refractivity contribution in [3.05, 3.63) is 46.4 Å². The van der Waals surface area contributed by atoms with Crippen LogP contribution in [-0.2, 0) is 0 Å². The summed E-state index contributed by atoms with van der Waals surface area (Å²) in [4.78, 5) is 4.56. The van der Waals surface area contributed by atoms with Crippen molar-refractivity contribution in [1.82, 2.24) is 19.9 Å². The Morgan fingerprint density at radius 3 is 2.95 bits per heavy atom. The van der Waals surface area contributed by atoms with Crippen LogP contribution in [0.3, 0.4) is 0 Å². The van der Waals surface area contributed by atoms with Crippen LogP contribution in [0.1, 0.15) is 22.3 Å². The Balaban J connectivity index is 1.80. The van der Waals surface area contributed by atoms with Crippen molar-refractivity contribution in [2.45, 2.75) is 24.4 Å².